The molecule has 1 aromatic carbocycles. The van der Waals surface area contributed by atoms with E-state index < -0.39 is 0 Å². The number of hydrogen-bond donors (Lipinski definition) is 2. The molecule has 4 heteroatoms. The van der Waals surface area contributed by atoms with Gasteiger partial charge in [0.05, 0.1) is 0 Å². The fraction of sp³-hybridized carbons (Fsp3) is 0.462. The Morgan fingerprint density at radius 3 is 2.71 bits per heavy atom. The van der Waals surface area contributed by atoms with Gasteiger partial charge in [-0.05, 0) is 43.7 Å². The molecule has 0 aliphatic carbocycles. The van der Waals surface area contributed by atoms with Gasteiger partial charge in [0.1, 0.15) is 5.75 Å². The smallest absolute Gasteiger partial charge is 0.253 e. The number of carbonyl (C=O) groups is 1. The second-order valence-electron chi connectivity index (χ2n) is 4.46. The number of benzene rings is 1. The van der Waals surface area contributed by atoms with Crippen LogP contribution in [0.5, 0.6) is 5.75 Å². The molecule has 1 amide bonds. The first-order valence-corrected chi connectivity index (χ1v) is 5.95. The van der Waals surface area contributed by atoms with E-state index in [9.17, 15) is 9.90 Å². The van der Waals surface area contributed by atoms with Crippen LogP contribution in [0.15, 0.2) is 24.3 Å². The number of amides is 1. The topological polar surface area (TPSA) is 52.6 Å². The molecule has 17 heavy (non-hydrogen) atoms. The molecular weight excluding hydrogens is 216 g/mol. The molecule has 1 saturated heterocycles. The summed E-state index contributed by atoms with van der Waals surface area (Å²) in [6.07, 6.45) is 2.16. The SMILES string of the molecule is CN(C(=O)c1ccc(O)cc1)[C@@H]1CCCNC1. The van der Waals surface area contributed by atoms with Crippen LogP contribution in [0.1, 0.15) is 23.2 Å². The van der Waals surface area contributed by atoms with E-state index in [2.05, 4.69) is 5.32 Å². The Balaban J connectivity index is 2.05. The number of phenols is 1. The first-order chi connectivity index (χ1) is 8.18. The number of piperidine rings is 1. The zero-order valence-electron chi connectivity index (χ0n) is 10.0. The Morgan fingerprint density at radius 2 is 2.12 bits per heavy atom. The van der Waals surface area contributed by atoms with Gasteiger partial charge in [0.25, 0.3) is 5.91 Å². The van der Waals surface area contributed by atoms with Crippen molar-refractivity contribution in [2.24, 2.45) is 0 Å². The second-order valence-corrected chi connectivity index (χ2v) is 4.46. The van der Waals surface area contributed by atoms with E-state index in [0.717, 1.165) is 25.9 Å². The minimum absolute atomic E-state index is 0.0127. The Bertz CT molecular complexity index is 383. The monoisotopic (exact) mass is 234 g/mol. The van der Waals surface area contributed by atoms with E-state index in [4.69, 9.17) is 0 Å². The summed E-state index contributed by atoms with van der Waals surface area (Å²) >= 11 is 0. The van der Waals surface area contributed by atoms with Gasteiger partial charge in [0.2, 0.25) is 0 Å². The van der Waals surface area contributed by atoms with Gasteiger partial charge < -0.3 is 15.3 Å². The standard InChI is InChI=1S/C13H18N2O2/c1-15(11-3-2-8-14-9-11)13(17)10-4-6-12(16)7-5-10/h4-7,11,14,16H,2-3,8-9H2,1H3/t11-/m1/s1. The molecule has 2 N–H and O–H groups in total. The van der Waals surface area contributed by atoms with E-state index in [0.29, 0.717) is 5.56 Å². The average molecular weight is 234 g/mol. The molecule has 0 unspecified atom stereocenters. The predicted octanol–water partition coefficient (Wildman–Crippen LogP) is 1.22. The predicted molar refractivity (Wildman–Crippen MR) is 66.1 cm³/mol. The van der Waals surface area contributed by atoms with Gasteiger partial charge in [-0.3, -0.25) is 4.79 Å². The summed E-state index contributed by atoms with van der Waals surface area (Å²) in [5, 5.41) is 12.5. The van der Waals surface area contributed by atoms with Crippen LogP contribution in [0.4, 0.5) is 0 Å². The van der Waals surface area contributed by atoms with Crippen molar-refractivity contribution >= 4 is 5.91 Å². The molecule has 92 valence electrons. The van der Waals surface area contributed by atoms with Gasteiger partial charge >= 0.3 is 0 Å². The highest BCUT2D eigenvalue weighted by molar-refractivity contribution is 5.94. The summed E-state index contributed by atoms with van der Waals surface area (Å²) in [6.45, 7) is 1.90. The van der Waals surface area contributed by atoms with Crippen molar-refractivity contribution in [3.63, 3.8) is 0 Å². The van der Waals surface area contributed by atoms with Crippen molar-refractivity contribution in [2.75, 3.05) is 20.1 Å². The normalized spacial score (nSPS) is 19.9. The lowest BCUT2D eigenvalue weighted by molar-refractivity contribution is 0.0708. The number of carbonyl (C=O) groups excluding carboxylic acids is 1. The Morgan fingerprint density at radius 1 is 1.41 bits per heavy atom. The van der Waals surface area contributed by atoms with Gasteiger partial charge in [-0.25, -0.2) is 0 Å². The van der Waals surface area contributed by atoms with Crippen LogP contribution in [0.3, 0.4) is 0 Å². The molecule has 1 heterocycles. The largest absolute Gasteiger partial charge is 0.508 e. The molecule has 1 aromatic rings. The van der Waals surface area contributed by atoms with Gasteiger partial charge in [0, 0.05) is 25.2 Å². The van der Waals surface area contributed by atoms with Crippen LogP contribution in [0.2, 0.25) is 0 Å². The van der Waals surface area contributed by atoms with Crippen molar-refractivity contribution in [3.05, 3.63) is 29.8 Å². The van der Waals surface area contributed by atoms with E-state index in [1.165, 1.54) is 0 Å². The van der Waals surface area contributed by atoms with Gasteiger partial charge in [-0.1, -0.05) is 0 Å². The highest BCUT2D eigenvalue weighted by Crippen LogP contribution is 2.15. The van der Waals surface area contributed by atoms with E-state index in [-0.39, 0.29) is 17.7 Å². The zero-order chi connectivity index (χ0) is 12.3. The average Bonchev–Trinajstić information content (AvgIpc) is 2.39. The van der Waals surface area contributed by atoms with Gasteiger partial charge in [-0.2, -0.15) is 0 Å². The molecule has 0 radical (unpaired) electrons. The molecule has 0 bridgehead atoms. The third kappa shape index (κ3) is 2.77. The number of hydrogen-bond acceptors (Lipinski definition) is 3. The summed E-state index contributed by atoms with van der Waals surface area (Å²) in [4.78, 5) is 14.0. The van der Waals surface area contributed by atoms with Crippen LogP contribution >= 0.6 is 0 Å². The molecule has 1 aliphatic rings. The van der Waals surface area contributed by atoms with Crippen LogP contribution in [0, 0.1) is 0 Å². The first-order valence-electron chi connectivity index (χ1n) is 5.95. The number of likely N-dealkylation sites (N-methyl/N-ethyl adjacent to an activating group) is 1. The van der Waals surface area contributed by atoms with E-state index in [1.807, 2.05) is 7.05 Å². The molecule has 2 rings (SSSR count). The summed E-state index contributed by atoms with van der Waals surface area (Å²) < 4.78 is 0. The Kier molecular flexibility index (Phi) is 3.64. The molecule has 1 aliphatic heterocycles. The molecule has 4 nitrogen and oxygen atoms in total. The zero-order valence-corrected chi connectivity index (χ0v) is 10.0. The summed E-state index contributed by atoms with van der Waals surface area (Å²) in [5.41, 5.74) is 0.621. The fourth-order valence-corrected chi connectivity index (χ4v) is 2.14. The van der Waals surface area contributed by atoms with E-state index >= 15 is 0 Å². The third-order valence-corrected chi connectivity index (χ3v) is 3.25. The fourth-order valence-electron chi connectivity index (χ4n) is 2.14. The highest BCUT2D eigenvalue weighted by atomic mass is 16.3. The highest BCUT2D eigenvalue weighted by Gasteiger charge is 2.22. The maximum Gasteiger partial charge on any atom is 0.253 e. The maximum atomic E-state index is 12.2. The van der Waals surface area contributed by atoms with Crippen LogP contribution in [-0.4, -0.2) is 42.1 Å². The molecule has 1 fully saturated rings. The summed E-state index contributed by atoms with van der Waals surface area (Å²) in [5.74, 6) is 0.197. The van der Waals surface area contributed by atoms with E-state index in [1.54, 1.807) is 29.2 Å². The number of rotatable bonds is 2. The van der Waals surface area contributed by atoms with Crippen molar-refractivity contribution in [1.82, 2.24) is 10.2 Å². The van der Waals surface area contributed by atoms with Crippen LogP contribution in [-0.2, 0) is 0 Å². The van der Waals surface area contributed by atoms with Crippen molar-refractivity contribution < 1.29 is 9.90 Å². The Labute approximate surface area is 101 Å². The van der Waals surface area contributed by atoms with Gasteiger partial charge in [-0.15, -0.1) is 0 Å². The third-order valence-electron chi connectivity index (χ3n) is 3.25. The quantitative estimate of drug-likeness (QED) is 0.809. The molecule has 0 spiro atoms. The Hall–Kier alpha value is -1.55. The first kappa shape index (κ1) is 11.9. The van der Waals surface area contributed by atoms with Gasteiger partial charge in [0.15, 0.2) is 0 Å². The number of phenolic OH excluding ortho intramolecular Hbond substituents is 1. The molecule has 0 saturated carbocycles. The maximum absolute atomic E-state index is 12.2. The lowest BCUT2D eigenvalue weighted by Crippen LogP contribution is -2.46. The summed E-state index contributed by atoms with van der Waals surface area (Å²) in [7, 11) is 1.84. The molecule has 0 aromatic heterocycles. The molecule has 1 atom stereocenters. The van der Waals surface area contributed by atoms with Crippen molar-refractivity contribution in [1.29, 1.82) is 0 Å². The number of aromatic hydroxyl groups is 1. The minimum Gasteiger partial charge on any atom is -0.508 e. The van der Waals surface area contributed by atoms with Crippen molar-refractivity contribution in [2.45, 2.75) is 18.9 Å². The number of nitrogens with zero attached hydrogens (tertiary/aromatic N) is 1. The molecular formula is C13H18N2O2. The lowest BCUT2D eigenvalue weighted by atomic mass is 10.1. The van der Waals surface area contributed by atoms with Crippen LogP contribution in [0.25, 0.3) is 0 Å². The number of nitrogens with one attached hydrogen (secondary N) is 1. The van der Waals surface area contributed by atoms with Crippen LogP contribution < -0.4 is 5.32 Å². The lowest BCUT2D eigenvalue weighted by Gasteiger charge is -2.31. The van der Waals surface area contributed by atoms with Crippen molar-refractivity contribution in [3.8, 4) is 5.75 Å². The second kappa shape index (κ2) is 5.19. The summed E-state index contributed by atoms with van der Waals surface area (Å²) in [6, 6.07) is 6.67. The minimum atomic E-state index is 0.0127.